The average Bonchev–Trinajstić information content (AvgIpc) is 3.14. The Kier molecular flexibility index (Phi) is 8.00. The van der Waals surface area contributed by atoms with Crippen LogP contribution in [0.3, 0.4) is 0 Å². The van der Waals surface area contributed by atoms with E-state index in [0.717, 1.165) is 37.5 Å². The van der Waals surface area contributed by atoms with Crippen LogP contribution in [0.15, 0.2) is 16.5 Å². The minimum atomic E-state index is -0.489. The van der Waals surface area contributed by atoms with E-state index >= 15 is 0 Å². The van der Waals surface area contributed by atoms with Crippen LogP contribution in [-0.2, 0) is 14.3 Å². The monoisotopic (exact) mass is 435 g/mol. The third-order valence-corrected chi connectivity index (χ3v) is 5.81. The fourth-order valence-electron chi connectivity index (χ4n) is 4.12. The Labute approximate surface area is 185 Å². The SMILES string of the molecule is Cc1ccc(C(CNC(=O)CC2CCN(C(=O)OC(C)(C)C)CC2)N2CCOCC2)o1. The maximum Gasteiger partial charge on any atom is 0.410 e. The number of hydrogen-bond acceptors (Lipinski definition) is 6. The van der Waals surface area contributed by atoms with Gasteiger partial charge in [0.15, 0.2) is 0 Å². The number of piperidine rings is 1. The molecule has 1 unspecified atom stereocenters. The summed E-state index contributed by atoms with van der Waals surface area (Å²) in [5.41, 5.74) is -0.489. The number of rotatable bonds is 6. The zero-order chi connectivity index (χ0) is 22.4. The lowest BCUT2D eigenvalue weighted by atomic mass is 9.93. The summed E-state index contributed by atoms with van der Waals surface area (Å²) in [5, 5.41) is 3.11. The molecule has 2 aliphatic heterocycles. The summed E-state index contributed by atoms with van der Waals surface area (Å²) in [6.07, 6.45) is 1.85. The van der Waals surface area contributed by atoms with E-state index < -0.39 is 5.60 Å². The van der Waals surface area contributed by atoms with Crippen molar-refractivity contribution in [1.82, 2.24) is 15.1 Å². The number of hydrogen-bond donors (Lipinski definition) is 1. The summed E-state index contributed by atoms with van der Waals surface area (Å²) < 4.78 is 16.8. The van der Waals surface area contributed by atoms with Crippen LogP contribution in [-0.4, -0.2) is 73.3 Å². The second-order valence-corrected chi connectivity index (χ2v) is 9.53. The van der Waals surface area contributed by atoms with Crippen LogP contribution in [0.1, 0.15) is 57.6 Å². The first kappa shape index (κ1) is 23.6. The topological polar surface area (TPSA) is 84.2 Å². The normalized spacial score (nSPS) is 19.8. The van der Waals surface area contributed by atoms with Crippen LogP contribution in [0.2, 0.25) is 0 Å². The van der Waals surface area contributed by atoms with Gasteiger partial charge in [-0.15, -0.1) is 0 Å². The van der Waals surface area contributed by atoms with E-state index in [1.807, 2.05) is 39.8 Å². The van der Waals surface area contributed by atoms with E-state index in [1.165, 1.54) is 0 Å². The first-order valence-corrected chi connectivity index (χ1v) is 11.3. The molecule has 2 aliphatic rings. The van der Waals surface area contributed by atoms with Gasteiger partial charge < -0.3 is 24.1 Å². The van der Waals surface area contributed by atoms with Crippen molar-refractivity contribution in [2.75, 3.05) is 45.9 Å². The lowest BCUT2D eigenvalue weighted by Crippen LogP contribution is -2.44. The highest BCUT2D eigenvalue weighted by Crippen LogP contribution is 2.25. The molecule has 1 N–H and O–H groups in total. The van der Waals surface area contributed by atoms with Crippen molar-refractivity contribution in [3.8, 4) is 0 Å². The van der Waals surface area contributed by atoms with E-state index in [4.69, 9.17) is 13.9 Å². The molecule has 174 valence electrons. The van der Waals surface area contributed by atoms with Crippen LogP contribution in [0.25, 0.3) is 0 Å². The molecule has 31 heavy (non-hydrogen) atoms. The number of nitrogens with zero attached hydrogens (tertiary/aromatic N) is 2. The first-order chi connectivity index (χ1) is 14.7. The predicted octanol–water partition coefficient (Wildman–Crippen LogP) is 3.11. The van der Waals surface area contributed by atoms with Gasteiger partial charge in [0.05, 0.1) is 19.3 Å². The van der Waals surface area contributed by atoms with Gasteiger partial charge in [0.1, 0.15) is 17.1 Å². The van der Waals surface area contributed by atoms with Gasteiger partial charge in [-0.3, -0.25) is 9.69 Å². The maximum absolute atomic E-state index is 12.6. The third kappa shape index (κ3) is 7.25. The molecule has 3 heterocycles. The van der Waals surface area contributed by atoms with Gasteiger partial charge in [0.2, 0.25) is 5.91 Å². The Morgan fingerprint density at radius 1 is 1.16 bits per heavy atom. The number of carbonyl (C=O) groups excluding carboxylic acids is 2. The van der Waals surface area contributed by atoms with Gasteiger partial charge in [-0.1, -0.05) is 0 Å². The number of likely N-dealkylation sites (tertiary alicyclic amines) is 1. The minimum absolute atomic E-state index is 0.00978. The Morgan fingerprint density at radius 3 is 2.42 bits per heavy atom. The van der Waals surface area contributed by atoms with Crippen LogP contribution in [0, 0.1) is 12.8 Å². The molecule has 2 fully saturated rings. The molecule has 0 bridgehead atoms. The van der Waals surface area contributed by atoms with Crippen LogP contribution >= 0.6 is 0 Å². The fraction of sp³-hybridized carbons (Fsp3) is 0.739. The molecule has 0 radical (unpaired) electrons. The molecule has 0 saturated carbocycles. The molecule has 1 aromatic heterocycles. The lowest BCUT2D eigenvalue weighted by Gasteiger charge is -2.34. The average molecular weight is 436 g/mol. The van der Waals surface area contributed by atoms with E-state index in [1.54, 1.807) is 4.90 Å². The lowest BCUT2D eigenvalue weighted by molar-refractivity contribution is -0.122. The van der Waals surface area contributed by atoms with Crippen molar-refractivity contribution in [2.24, 2.45) is 5.92 Å². The van der Waals surface area contributed by atoms with Gasteiger partial charge in [-0.05, 0) is 58.6 Å². The van der Waals surface area contributed by atoms with Crippen molar-refractivity contribution >= 4 is 12.0 Å². The molecule has 3 rings (SSSR count). The number of amides is 2. The van der Waals surface area contributed by atoms with Gasteiger partial charge >= 0.3 is 6.09 Å². The summed E-state index contributed by atoms with van der Waals surface area (Å²) >= 11 is 0. The van der Waals surface area contributed by atoms with Crippen LogP contribution in [0.5, 0.6) is 0 Å². The Bertz CT molecular complexity index is 728. The van der Waals surface area contributed by atoms with Crippen molar-refractivity contribution in [1.29, 1.82) is 0 Å². The van der Waals surface area contributed by atoms with Crippen LogP contribution in [0.4, 0.5) is 4.79 Å². The summed E-state index contributed by atoms with van der Waals surface area (Å²) in [7, 11) is 0. The van der Waals surface area contributed by atoms with Gasteiger partial charge in [-0.2, -0.15) is 0 Å². The van der Waals surface area contributed by atoms with Gasteiger partial charge in [0.25, 0.3) is 0 Å². The summed E-state index contributed by atoms with van der Waals surface area (Å²) in [5.74, 6) is 2.09. The van der Waals surface area contributed by atoms with E-state index in [-0.39, 0.29) is 24.0 Å². The molecule has 0 aromatic carbocycles. The molecule has 1 atom stereocenters. The quantitative estimate of drug-likeness (QED) is 0.739. The third-order valence-electron chi connectivity index (χ3n) is 5.81. The van der Waals surface area contributed by atoms with Crippen LogP contribution < -0.4 is 5.32 Å². The number of aryl methyl sites for hydroxylation is 1. The summed E-state index contributed by atoms with van der Waals surface area (Å²) in [4.78, 5) is 28.9. The van der Waals surface area contributed by atoms with Gasteiger partial charge in [-0.25, -0.2) is 4.79 Å². The Balaban J connectivity index is 1.46. The number of carbonyl (C=O) groups is 2. The second kappa shape index (κ2) is 10.5. The number of furan rings is 1. The smallest absolute Gasteiger partial charge is 0.410 e. The molecular formula is C23H37N3O5. The number of nitrogens with one attached hydrogen (secondary N) is 1. The number of morpholine rings is 1. The fourth-order valence-corrected chi connectivity index (χ4v) is 4.12. The van der Waals surface area contributed by atoms with Crippen molar-refractivity contribution in [3.05, 3.63) is 23.7 Å². The second-order valence-electron chi connectivity index (χ2n) is 9.53. The zero-order valence-electron chi connectivity index (χ0n) is 19.3. The number of ether oxygens (including phenoxy) is 2. The van der Waals surface area contributed by atoms with Gasteiger partial charge in [0, 0.05) is 39.1 Å². The van der Waals surface area contributed by atoms with E-state index in [0.29, 0.717) is 39.3 Å². The molecule has 2 saturated heterocycles. The Morgan fingerprint density at radius 2 is 1.84 bits per heavy atom. The summed E-state index contributed by atoms with van der Waals surface area (Å²) in [6.45, 7) is 12.4. The Hall–Kier alpha value is -2.06. The molecule has 0 spiro atoms. The molecular weight excluding hydrogens is 398 g/mol. The molecule has 1 aromatic rings. The van der Waals surface area contributed by atoms with Crippen molar-refractivity contribution < 1.29 is 23.5 Å². The molecule has 2 amide bonds. The summed E-state index contributed by atoms with van der Waals surface area (Å²) in [6, 6.07) is 3.97. The molecule has 8 heteroatoms. The first-order valence-electron chi connectivity index (χ1n) is 11.3. The highest BCUT2D eigenvalue weighted by atomic mass is 16.6. The van der Waals surface area contributed by atoms with E-state index in [2.05, 4.69) is 10.2 Å². The highest BCUT2D eigenvalue weighted by molar-refractivity contribution is 5.76. The van der Waals surface area contributed by atoms with E-state index in [9.17, 15) is 9.59 Å². The largest absolute Gasteiger partial charge is 0.465 e. The predicted molar refractivity (Wildman–Crippen MR) is 117 cm³/mol. The zero-order valence-corrected chi connectivity index (χ0v) is 19.3. The van der Waals surface area contributed by atoms with Crippen molar-refractivity contribution in [2.45, 2.75) is 58.6 Å². The standard InChI is InChI=1S/C23H37N3O5/c1-17-5-6-20(30-17)19(25-11-13-29-14-12-25)16-24-21(27)15-18-7-9-26(10-8-18)22(28)31-23(2,3)4/h5-6,18-19H,7-16H2,1-4H3,(H,24,27). The molecule has 8 nitrogen and oxygen atoms in total. The molecule has 0 aliphatic carbocycles. The highest BCUT2D eigenvalue weighted by Gasteiger charge is 2.29. The minimum Gasteiger partial charge on any atom is -0.465 e. The van der Waals surface area contributed by atoms with Crippen molar-refractivity contribution in [3.63, 3.8) is 0 Å². The maximum atomic E-state index is 12.6.